The molecule has 0 aliphatic carbocycles. The second-order valence-corrected chi connectivity index (χ2v) is 3.26. The molecule has 0 aliphatic rings. The molecule has 0 fully saturated rings. The largest absolute Gasteiger partial charge is 0.466 e. The van der Waals surface area contributed by atoms with Crippen LogP contribution >= 0.6 is 12.6 Å². The Hall–Kier alpha value is -0.710. The smallest absolute Gasteiger partial charge is 0.312 e. The molecule has 0 N–H and O–H groups in total. The molecule has 1 unspecified atom stereocenters. The fourth-order valence-electron chi connectivity index (χ4n) is 0.734. The van der Waals surface area contributed by atoms with Crippen LogP contribution in [0.3, 0.4) is 0 Å². The van der Waals surface area contributed by atoms with E-state index in [0.29, 0.717) is 12.4 Å². The molecule has 4 nitrogen and oxygen atoms in total. The zero-order valence-corrected chi connectivity index (χ0v) is 9.38. The summed E-state index contributed by atoms with van der Waals surface area (Å²) in [6.45, 7) is 3.81. The topological polar surface area (TPSA) is 52.6 Å². The van der Waals surface area contributed by atoms with Crippen molar-refractivity contribution in [2.24, 2.45) is 5.92 Å². The Kier molecular flexibility index (Phi) is 7.28. The third-order valence-corrected chi connectivity index (χ3v) is 1.72. The maximum absolute atomic E-state index is 11.1. The minimum absolute atomic E-state index is 0.0748. The maximum atomic E-state index is 11.1. The average molecular weight is 220 g/mol. The highest BCUT2D eigenvalue weighted by atomic mass is 32.1. The highest BCUT2D eigenvalue weighted by Crippen LogP contribution is 2.01. The minimum Gasteiger partial charge on any atom is -0.466 e. The van der Waals surface area contributed by atoms with Crippen molar-refractivity contribution >= 4 is 24.6 Å². The van der Waals surface area contributed by atoms with Crippen LogP contribution in [0, 0.1) is 5.92 Å². The van der Waals surface area contributed by atoms with E-state index in [-0.39, 0.29) is 25.0 Å². The van der Waals surface area contributed by atoms with Crippen molar-refractivity contribution < 1.29 is 19.1 Å². The van der Waals surface area contributed by atoms with Gasteiger partial charge in [0.15, 0.2) is 0 Å². The first kappa shape index (κ1) is 13.3. The van der Waals surface area contributed by atoms with Crippen LogP contribution in [0.2, 0.25) is 0 Å². The van der Waals surface area contributed by atoms with Gasteiger partial charge in [-0.15, -0.1) is 0 Å². The quantitative estimate of drug-likeness (QED) is 0.537. The monoisotopic (exact) mass is 220 g/mol. The van der Waals surface area contributed by atoms with Crippen LogP contribution < -0.4 is 0 Å². The molecule has 0 amide bonds. The van der Waals surface area contributed by atoms with E-state index in [2.05, 4.69) is 12.6 Å². The van der Waals surface area contributed by atoms with Crippen molar-refractivity contribution in [2.45, 2.75) is 20.3 Å². The fraction of sp³-hybridized carbons (Fsp3) is 0.778. The van der Waals surface area contributed by atoms with Gasteiger partial charge in [-0.3, -0.25) is 9.59 Å². The number of carbonyl (C=O) groups is 2. The van der Waals surface area contributed by atoms with Crippen molar-refractivity contribution in [3.8, 4) is 0 Å². The summed E-state index contributed by atoms with van der Waals surface area (Å²) in [5.41, 5.74) is 0. The normalized spacial score (nSPS) is 11.9. The molecule has 0 heterocycles. The Bertz CT molecular complexity index is 193. The van der Waals surface area contributed by atoms with E-state index in [9.17, 15) is 9.59 Å². The molecular formula is C9H16O4S. The van der Waals surface area contributed by atoms with Gasteiger partial charge in [0.1, 0.15) is 6.61 Å². The highest BCUT2D eigenvalue weighted by Gasteiger charge is 2.15. The van der Waals surface area contributed by atoms with Crippen LogP contribution in [-0.4, -0.2) is 30.9 Å². The average Bonchev–Trinajstić information content (AvgIpc) is 2.15. The number of esters is 2. The Morgan fingerprint density at radius 1 is 1.36 bits per heavy atom. The van der Waals surface area contributed by atoms with Gasteiger partial charge in [0.05, 0.1) is 18.9 Å². The number of rotatable bonds is 6. The van der Waals surface area contributed by atoms with E-state index in [1.54, 1.807) is 13.8 Å². The molecule has 0 aromatic carbocycles. The number of thiol groups is 1. The molecule has 5 heteroatoms. The molecule has 1 atom stereocenters. The van der Waals surface area contributed by atoms with Gasteiger partial charge in [-0.05, 0) is 13.8 Å². The lowest BCUT2D eigenvalue weighted by Gasteiger charge is -2.10. The van der Waals surface area contributed by atoms with Gasteiger partial charge in [-0.2, -0.15) is 12.6 Å². The first-order valence-electron chi connectivity index (χ1n) is 4.55. The summed E-state index contributed by atoms with van der Waals surface area (Å²) < 4.78 is 9.57. The molecule has 0 bridgehead atoms. The predicted molar refractivity (Wildman–Crippen MR) is 55.2 cm³/mol. The summed E-state index contributed by atoms with van der Waals surface area (Å²) in [6, 6.07) is 0. The van der Waals surface area contributed by atoms with E-state index >= 15 is 0 Å². The van der Waals surface area contributed by atoms with Crippen LogP contribution in [0.5, 0.6) is 0 Å². The van der Waals surface area contributed by atoms with Crippen molar-refractivity contribution in [3.63, 3.8) is 0 Å². The highest BCUT2D eigenvalue weighted by molar-refractivity contribution is 7.80. The van der Waals surface area contributed by atoms with Crippen molar-refractivity contribution in [1.82, 2.24) is 0 Å². The SMILES string of the molecule is CCOC(=O)C(C)COC(=O)CCS. The Morgan fingerprint density at radius 3 is 2.50 bits per heavy atom. The first-order chi connectivity index (χ1) is 6.61. The lowest BCUT2D eigenvalue weighted by Crippen LogP contribution is -2.21. The van der Waals surface area contributed by atoms with Gasteiger partial charge in [-0.1, -0.05) is 0 Å². The van der Waals surface area contributed by atoms with E-state index in [1.807, 2.05) is 0 Å². The second kappa shape index (κ2) is 7.67. The minimum atomic E-state index is -0.404. The zero-order valence-electron chi connectivity index (χ0n) is 8.49. The molecule has 0 radical (unpaired) electrons. The predicted octanol–water partition coefficient (Wildman–Crippen LogP) is 1.05. The number of hydrogen-bond acceptors (Lipinski definition) is 5. The second-order valence-electron chi connectivity index (χ2n) is 2.81. The summed E-state index contributed by atoms with van der Waals surface area (Å²) >= 11 is 3.89. The summed E-state index contributed by atoms with van der Waals surface area (Å²) in [5, 5.41) is 0. The molecule has 0 aliphatic heterocycles. The number of ether oxygens (including phenoxy) is 2. The summed E-state index contributed by atoms with van der Waals surface area (Å²) in [5.74, 6) is -0.631. The number of hydrogen-bond donors (Lipinski definition) is 1. The molecular weight excluding hydrogens is 204 g/mol. The van der Waals surface area contributed by atoms with E-state index in [4.69, 9.17) is 9.47 Å². The van der Waals surface area contributed by atoms with Gasteiger partial charge in [0, 0.05) is 5.75 Å². The number of carbonyl (C=O) groups excluding carboxylic acids is 2. The van der Waals surface area contributed by atoms with Crippen LogP contribution in [0.1, 0.15) is 20.3 Å². The molecule has 0 saturated carbocycles. The molecule has 0 spiro atoms. The lowest BCUT2D eigenvalue weighted by atomic mass is 10.2. The van der Waals surface area contributed by atoms with Crippen LogP contribution in [0.25, 0.3) is 0 Å². The molecule has 0 rings (SSSR count). The lowest BCUT2D eigenvalue weighted by molar-refractivity contribution is -0.153. The zero-order chi connectivity index (χ0) is 11.0. The van der Waals surface area contributed by atoms with Gasteiger partial charge in [-0.25, -0.2) is 0 Å². The molecule has 0 aromatic rings. The Labute approximate surface area is 89.4 Å². The van der Waals surface area contributed by atoms with Gasteiger partial charge >= 0.3 is 11.9 Å². The first-order valence-corrected chi connectivity index (χ1v) is 5.18. The van der Waals surface area contributed by atoms with E-state index < -0.39 is 5.92 Å². The molecule has 0 saturated heterocycles. The Balaban J connectivity index is 3.67. The van der Waals surface area contributed by atoms with Gasteiger partial charge in [0.25, 0.3) is 0 Å². The van der Waals surface area contributed by atoms with Gasteiger partial charge in [0.2, 0.25) is 0 Å². The standard InChI is InChI=1S/C9H16O4S/c1-3-12-9(11)7(2)6-13-8(10)4-5-14/h7,14H,3-6H2,1-2H3. The van der Waals surface area contributed by atoms with Crippen molar-refractivity contribution in [1.29, 1.82) is 0 Å². The van der Waals surface area contributed by atoms with E-state index in [0.717, 1.165) is 0 Å². The van der Waals surface area contributed by atoms with Crippen molar-refractivity contribution in [3.05, 3.63) is 0 Å². The van der Waals surface area contributed by atoms with E-state index in [1.165, 1.54) is 0 Å². The van der Waals surface area contributed by atoms with Crippen molar-refractivity contribution in [2.75, 3.05) is 19.0 Å². The summed E-state index contributed by atoms with van der Waals surface area (Å²) in [4.78, 5) is 22.0. The molecule has 0 aromatic heterocycles. The molecule has 82 valence electrons. The summed E-state index contributed by atoms with van der Waals surface area (Å²) in [7, 11) is 0. The summed E-state index contributed by atoms with van der Waals surface area (Å²) in [6.07, 6.45) is 0.263. The maximum Gasteiger partial charge on any atom is 0.312 e. The van der Waals surface area contributed by atoms with Crippen LogP contribution in [0.4, 0.5) is 0 Å². The fourth-order valence-corrected chi connectivity index (χ4v) is 0.917. The van der Waals surface area contributed by atoms with Gasteiger partial charge < -0.3 is 9.47 Å². The third-order valence-electron chi connectivity index (χ3n) is 1.50. The third kappa shape index (κ3) is 5.85. The van der Waals surface area contributed by atoms with Crippen LogP contribution in [0.15, 0.2) is 0 Å². The Morgan fingerprint density at radius 2 is 2.00 bits per heavy atom. The van der Waals surface area contributed by atoms with Crippen LogP contribution in [-0.2, 0) is 19.1 Å². The molecule has 14 heavy (non-hydrogen) atoms.